The van der Waals surface area contributed by atoms with E-state index in [1.807, 2.05) is 24.3 Å². The zero-order valence-corrected chi connectivity index (χ0v) is 15.8. The van der Waals surface area contributed by atoms with Crippen molar-refractivity contribution in [2.45, 2.75) is 24.7 Å². The van der Waals surface area contributed by atoms with Crippen LogP contribution < -0.4 is 0 Å². The number of hydrogen-bond acceptors (Lipinski definition) is 5. The molecule has 1 aromatic carbocycles. The molecule has 1 fully saturated rings. The van der Waals surface area contributed by atoms with Crippen LogP contribution in [-0.2, 0) is 0 Å². The van der Waals surface area contributed by atoms with Crippen molar-refractivity contribution in [3.63, 3.8) is 0 Å². The quantitative estimate of drug-likeness (QED) is 0.778. The van der Waals surface area contributed by atoms with E-state index in [-0.39, 0.29) is 17.5 Å². The second-order valence-electron chi connectivity index (χ2n) is 7.66. The Morgan fingerprint density at radius 1 is 1.00 bits per heavy atom. The molecule has 1 heterocycles. The summed E-state index contributed by atoms with van der Waals surface area (Å²) in [5, 5.41) is 38.6. The van der Waals surface area contributed by atoms with Crippen molar-refractivity contribution in [2.75, 3.05) is 0 Å². The van der Waals surface area contributed by atoms with Crippen LogP contribution in [0.25, 0.3) is 0 Å². The SMILES string of the molecule is N#CC1C(=N)C(C#N)(C#N)[C@@H](c2cccnc2)[C@H]2C[C@H](c3ccccc3)CC=C12. The van der Waals surface area contributed by atoms with Gasteiger partial charge in [-0.3, -0.25) is 4.98 Å². The van der Waals surface area contributed by atoms with Crippen LogP contribution in [0.4, 0.5) is 0 Å². The van der Waals surface area contributed by atoms with Crippen molar-refractivity contribution in [1.29, 1.82) is 21.2 Å². The molecule has 140 valence electrons. The fraction of sp³-hybridized carbons (Fsp3) is 0.292. The summed E-state index contributed by atoms with van der Waals surface area (Å²) >= 11 is 0. The lowest BCUT2D eigenvalue weighted by atomic mass is 9.52. The van der Waals surface area contributed by atoms with Crippen molar-refractivity contribution in [1.82, 2.24) is 4.98 Å². The highest BCUT2D eigenvalue weighted by molar-refractivity contribution is 6.00. The number of nitrogens with zero attached hydrogens (tertiary/aromatic N) is 4. The topological polar surface area (TPSA) is 108 Å². The molecule has 2 aliphatic rings. The van der Waals surface area contributed by atoms with Gasteiger partial charge >= 0.3 is 0 Å². The molecule has 29 heavy (non-hydrogen) atoms. The van der Waals surface area contributed by atoms with E-state index in [9.17, 15) is 15.8 Å². The summed E-state index contributed by atoms with van der Waals surface area (Å²) in [6, 6.07) is 20.3. The number of fused-ring (bicyclic) bond motifs is 1. The molecule has 0 aliphatic heterocycles. The second kappa shape index (κ2) is 7.34. The van der Waals surface area contributed by atoms with Crippen molar-refractivity contribution in [2.24, 2.45) is 17.3 Å². The third-order valence-corrected chi connectivity index (χ3v) is 6.32. The monoisotopic (exact) mass is 377 g/mol. The number of allylic oxidation sites excluding steroid dienone is 2. The minimum atomic E-state index is -1.68. The van der Waals surface area contributed by atoms with Crippen LogP contribution >= 0.6 is 0 Å². The third-order valence-electron chi connectivity index (χ3n) is 6.32. The van der Waals surface area contributed by atoms with Crippen LogP contribution in [-0.4, -0.2) is 10.7 Å². The molecular formula is C24H19N5. The van der Waals surface area contributed by atoms with Crippen LogP contribution in [0.1, 0.15) is 35.8 Å². The Bertz CT molecular complexity index is 1070. The van der Waals surface area contributed by atoms with Crippen LogP contribution in [0.5, 0.6) is 0 Å². The van der Waals surface area contributed by atoms with E-state index in [0.717, 1.165) is 24.0 Å². The Hall–Kier alpha value is -3.75. The predicted octanol–water partition coefficient (Wildman–Crippen LogP) is 4.49. The molecular weight excluding hydrogens is 358 g/mol. The first-order valence-electron chi connectivity index (χ1n) is 9.62. The Balaban J connectivity index is 1.89. The lowest BCUT2D eigenvalue weighted by Crippen LogP contribution is -2.49. The summed E-state index contributed by atoms with van der Waals surface area (Å²) in [6.07, 6.45) is 6.91. The zero-order valence-electron chi connectivity index (χ0n) is 15.8. The number of hydrogen-bond donors (Lipinski definition) is 1. The molecule has 4 atom stereocenters. The molecule has 0 amide bonds. The first-order chi connectivity index (χ1) is 14.2. The van der Waals surface area contributed by atoms with E-state index >= 15 is 0 Å². The molecule has 0 radical (unpaired) electrons. The van der Waals surface area contributed by atoms with E-state index in [1.54, 1.807) is 18.5 Å². The standard InChI is InChI=1S/C24H19N5/c25-12-21-19-9-8-17(16-5-2-1-3-6-16)11-20(19)22(18-7-4-10-29-13-18)24(14-26,15-27)23(21)28/h1-7,9-10,13,17,20-22,28H,8,11H2/t17-,20+,21?,22+/m1/s1. The fourth-order valence-corrected chi connectivity index (χ4v) is 4.96. The van der Waals surface area contributed by atoms with Gasteiger partial charge in [0, 0.05) is 18.3 Å². The average molecular weight is 377 g/mol. The number of benzene rings is 1. The van der Waals surface area contributed by atoms with Gasteiger partial charge < -0.3 is 5.41 Å². The maximum atomic E-state index is 10.1. The van der Waals surface area contributed by atoms with Crippen LogP contribution in [0.3, 0.4) is 0 Å². The molecule has 1 saturated carbocycles. The van der Waals surface area contributed by atoms with Gasteiger partial charge in [-0.1, -0.05) is 42.5 Å². The lowest BCUT2D eigenvalue weighted by Gasteiger charge is -2.47. The summed E-state index contributed by atoms with van der Waals surface area (Å²) < 4.78 is 0. The van der Waals surface area contributed by atoms with Gasteiger partial charge in [0.05, 0.1) is 23.9 Å². The Kier molecular flexibility index (Phi) is 4.71. The molecule has 2 aliphatic carbocycles. The largest absolute Gasteiger partial charge is 0.305 e. The van der Waals surface area contributed by atoms with Gasteiger partial charge in [0.15, 0.2) is 5.41 Å². The molecule has 0 bridgehead atoms. The smallest absolute Gasteiger partial charge is 0.189 e. The van der Waals surface area contributed by atoms with Crippen LogP contribution in [0.15, 0.2) is 66.5 Å². The summed E-state index contributed by atoms with van der Waals surface area (Å²) in [5.74, 6) is -1.29. The van der Waals surface area contributed by atoms with Gasteiger partial charge in [0.25, 0.3) is 0 Å². The van der Waals surface area contributed by atoms with Crippen molar-refractivity contribution in [3.8, 4) is 18.2 Å². The molecule has 5 nitrogen and oxygen atoms in total. The average Bonchev–Trinajstić information content (AvgIpc) is 2.79. The van der Waals surface area contributed by atoms with E-state index in [2.05, 4.69) is 41.4 Å². The highest BCUT2D eigenvalue weighted by atomic mass is 14.7. The molecule has 1 unspecified atom stereocenters. The minimum Gasteiger partial charge on any atom is -0.305 e. The molecule has 5 heteroatoms. The molecule has 0 spiro atoms. The second-order valence-corrected chi connectivity index (χ2v) is 7.66. The van der Waals surface area contributed by atoms with Gasteiger partial charge in [0.1, 0.15) is 5.92 Å². The number of nitrogens with one attached hydrogen (secondary N) is 1. The summed E-state index contributed by atoms with van der Waals surface area (Å²) in [7, 11) is 0. The highest BCUT2D eigenvalue weighted by Crippen LogP contribution is 2.56. The van der Waals surface area contributed by atoms with Gasteiger partial charge in [-0.15, -0.1) is 0 Å². The fourth-order valence-electron chi connectivity index (χ4n) is 4.96. The number of nitriles is 3. The van der Waals surface area contributed by atoms with Crippen LogP contribution in [0, 0.1) is 56.7 Å². The number of aromatic nitrogens is 1. The predicted molar refractivity (Wildman–Crippen MR) is 107 cm³/mol. The van der Waals surface area contributed by atoms with E-state index in [1.165, 1.54) is 5.56 Å². The molecule has 0 saturated heterocycles. The minimum absolute atomic E-state index is 0.112. The first-order valence-corrected chi connectivity index (χ1v) is 9.62. The molecule has 1 aromatic heterocycles. The normalized spacial score (nSPS) is 27.5. The van der Waals surface area contributed by atoms with Gasteiger partial charge in [-0.25, -0.2) is 0 Å². The summed E-state index contributed by atoms with van der Waals surface area (Å²) in [6.45, 7) is 0. The summed E-state index contributed by atoms with van der Waals surface area (Å²) in [5.41, 5.74) is 1.06. The molecule has 1 N–H and O–H groups in total. The molecule has 2 aromatic rings. The van der Waals surface area contributed by atoms with Crippen molar-refractivity contribution in [3.05, 3.63) is 77.6 Å². The third kappa shape index (κ3) is 2.82. The Morgan fingerprint density at radius 2 is 1.72 bits per heavy atom. The number of rotatable bonds is 2. The van der Waals surface area contributed by atoms with Crippen molar-refractivity contribution < 1.29 is 0 Å². The first kappa shape index (κ1) is 18.6. The summed E-state index contributed by atoms with van der Waals surface area (Å²) in [4.78, 5) is 4.20. The van der Waals surface area contributed by atoms with E-state index in [4.69, 9.17) is 5.41 Å². The van der Waals surface area contributed by atoms with E-state index in [0.29, 0.717) is 0 Å². The Labute approximate surface area is 170 Å². The zero-order chi connectivity index (χ0) is 20.4. The molecule has 4 rings (SSSR count). The van der Waals surface area contributed by atoms with Crippen LogP contribution in [0.2, 0.25) is 0 Å². The maximum Gasteiger partial charge on any atom is 0.189 e. The van der Waals surface area contributed by atoms with Crippen molar-refractivity contribution >= 4 is 5.71 Å². The van der Waals surface area contributed by atoms with Gasteiger partial charge in [-0.05, 0) is 47.4 Å². The lowest BCUT2D eigenvalue weighted by molar-refractivity contribution is 0.303. The highest BCUT2D eigenvalue weighted by Gasteiger charge is 2.57. The van der Waals surface area contributed by atoms with E-state index < -0.39 is 17.3 Å². The Morgan fingerprint density at radius 3 is 2.34 bits per heavy atom. The number of pyridine rings is 1. The van der Waals surface area contributed by atoms with Gasteiger partial charge in [-0.2, -0.15) is 15.8 Å². The maximum absolute atomic E-state index is 10.1. The van der Waals surface area contributed by atoms with Gasteiger partial charge in [0.2, 0.25) is 0 Å².